The van der Waals surface area contributed by atoms with Crippen molar-refractivity contribution in [2.45, 2.75) is 6.18 Å². The number of anilines is 2. The Morgan fingerprint density at radius 3 is 2.51 bits per heavy atom. The monoisotopic (exact) mass is 482 g/mol. The van der Waals surface area contributed by atoms with Crippen molar-refractivity contribution < 1.29 is 27.5 Å². The minimum Gasteiger partial charge on any atom is -0.484 e. The third-order valence-electron chi connectivity index (χ3n) is 4.63. The average molecular weight is 482 g/mol. The van der Waals surface area contributed by atoms with E-state index in [1.54, 1.807) is 18.3 Å². The van der Waals surface area contributed by atoms with Crippen molar-refractivity contribution in [1.29, 1.82) is 0 Å². The first-order valence-corrected chi connectivity index (χ1v) is 10.1. The molecule has 0 radical (unpaired) electrons. The van der Waals surface area contributed by atoms with Gasteiger partial charge in [0.15, 0.2) is 12.4 Å². The number of nitrogens with one attached hydrogen (secondary N) is 2. The van der Waals surface area contributed by atoms with Gasteiger partial charge in [-0.15, -0.1) is 0 Å². The summed E-state index contributed by atoms with van der Waals surface area (Å²) in [5, 5.41) is 9.11. The molecule has 0 spiro atoms. The van der Waals surface area contributed by atoms with Gasteiger partial charge in [0, 0.05) is 17.4 Å². The normalized spacial score (nSPS) is 11.1. The molecule has 4 aromatic rings. The summed E-state index contributed by atoms with van der Waals surface area (Å²) < 4.78 is 45.2. The highest BCUT2D eigenvalue weighted by molar-refractivity contribution is 6.05. The summed E-state index contributed by atoms with van der Waals surface area (Å²) in [7, 11) is 0. The lowest BCUT2D eigenvalue weighted by atomic mass is 10.2. The fraction of sp³-hybridized carbons (Fsp3) is 0.0870. The minimum absolute atomic E-state index is 0.00103. The van der Waals surface area contributed by atoms with Crippen LogP contribution in [0.1, 0.15) is 15.9 Å². The lowest BCUT2D eigenvalue weighted by Crippen LogP contribution is -2.20. The van der Waals surface area contributed by atoms with Gasteiger partial charge >= 0.3 is 6.18 Å². The van der Waals surface area contributed by atoms with Crippen molar-refractivity contribution in [2.24, 2.45) is 0 Å². The van der Waals surface area contributed by atoms with Crippen LogP contribution in [0.25, 0.3) is 5.82 Å². The molecule has 0 bridgehead atoms. The van der Waals surface area contributed by atoms with Crippen molar-refractivity contribution in [3.63, 3.8) is 0 Å². The predicted octanol–water partition coefficient (Wildman–Crippen LogP) is 3.95. The minimum atomic E-state index is -4.51. The summed E-state index contributed by atoms with van der Waals surface area (Å²) in [5.74, 6) is -0.355. The topological polar surface area (TPSA) is 111 Å². The van der Waals surface area contributed by atoms with Gasteiger partial charge in [0.1, 0.15) is 18.4 Å². The predicted molar refractivity (Wildman–Crippen MR) is 119 cm³/mol. The lowest BCUT2D eigenvalue weighted by molar-refractivity contribution is -0.137. The first-order valence-electron chi connectivity index (χ1n) is 10.1. The molecule has 0 saturated carbocycles. The summed E-state index contributed by atoms with van der Waals surface area (Å²) in [6, 6.07) is 13.6. The maximum atomic E-state index is 12.8. The van der Waals surface area contributed by atoms with Gasteiger partial charge in [-0.3, -0.25) is 9.59 Å². The Kier molecular flexibility index (Phi) is 6.71. The van der Waals surface area contributed by atoms with Gasteiger partial charge in [-0.1, -0.05) is 6.07 Å². The third-order valence-corrected chi connectivity index (χ3v) is 4.63. The number of amides is 2. The number of pyridine rings is 1. The first-order chi connectivity index (χ1) is 16.8. The molecular weight excluding hydrogens is 465 g/mol. The molecule has 0 fully saturated rings. The van der Waals surface area contributed by atoms with Gasteiger partial charge in [-0.05, 0) is 54.6 Å². The van der Waals surface area contributed by atoms with Crippen LogP contribution in [0.15, 0.2) is 79.5 Å². The molecule has 2 heterocycles. The maximum absolute atomic E-state index is 12.8. The van der Waals surface area contributed by atoms with Crippen molar-refractivity contribution in [1.82, 2.24) is 19.7 Å². The third kappa shape index (κ3) is 5.99. The van der Waals surface area contributed by atoms with Gasteiger partial charge in [-0.25, -0.2) is 14.6 Å². The van der Waals surface area contributed by atoms with Crippen molar-refractivity contribution >= 4 is 23.2 Å². The van der Waals surface area contributed by atoms with Crippen LogP contribution in [0.3, 0.4) is 0 Å². The highest BCUT2D eigenvalue weighted by Gasteiger charge is 2.30. The van der Waals surface area contributed by atoms with Gasteiger partial charge in [0.05, 0.1) is 11.3 Å². The van der Waals surface area contributed by atoms with Crippen LogP contribution in [-0.2, 0) is 11.0 Å². The molecule has 12 heteroatoms. The number of rotatable bonds is 7. The van der Waals surface area contributed by atoms with E-state index in [1.807, 2.05) is 0 Å². The number of ether oxygens (including phenoxy) is 1. The summed E-state index contributed by atoms with van der Waals surface area (Å²) in [5.41, 5.74) is -0.125. The highest BCUT2D eigenvalue weighted by Crippen LogP contribution is 2.30. The zero-order valence-electron chi connectivity index (χ0n) is 17.9. The van der Waals surface area contributed by atoms with Crippen LogP contribution in [-0.4, -0.2) is 38.2 Å². The van der Waals surface area contributed by atoms with Crippen molar-refractivity contribution in [3.8, 4) is 11.6 Å². The molecule has 2 N–H and O–H groups in total. The number of alkyl halides is 3. The number of carbonyl (C=O) groups is 2. The Morgan fingerprint density at radius 2 is 1.80 bits per heavy atom. The molecule has 9 nitrogen and oxygen atoms in total. The van der Waals surface area contributed by atoms with Crippen molar-refractivity contribution in [2.75, 3.05) is 17.2 Å². The van der Waals surface area contributed by atoms with E-state index in [0.717, 1.165) is 12.1 Å². The van der Waals surface area contributed by atoms with Gasteiger partial charge in [-0.2, -0.15) is 18.3 Å². The second-order valence-corrected chi connectivity index (χ2v) is 7.11. The Balaban J connectivity index is 1.33. The molecule has 35 heavy (non-hydrogen) atoms. The Bertz CT molecular complexity index is 1330. The summed E-state index contributed by atoms with van der Waals surface area (Å²) in [4.78, 5) is 32.8. The van der Waals surface area contributed by atoms with E-state index >= 15 is 0 Å². The standard InChI is InChI=1S/C23H17F3N6O3/c24-23(25,26)16-3-1-4-17(11-16)30-20(33)12-35-18-8-6-15(7-9-18)22(34)31-19-5-2-10-28-21(19)32-14-27-13-29-32/h1-11,13-14H,12H2,(H,30,33)(H,31,34). The van der Waals surface area contributed by atoms with Crippen LogP contribution in [0, 0.1) is 0 Å². The summed E-state index contributed by atoms with van der Waals surface area (Å²) >= 11 is 0. The molecule has 2 aromatic heterocycles. The molecular formula is C23H17F3N6O3. The second kappa shape index (κ2) is 10.0. The van der Waals surface area contributed by atoms with E-state index in [1.165, 1.54) is 53.7 Å². The van der Waals surface area contributed by atoms with Crippen LogP contribution >= 0.6 is 0 Å². The van der Waals surface area contributed by atoms with E-state index in [-0.39, 0.29) is 5.69 Å². The molecule has 0 aliphatic carbocycles. The molecule has 0 unspecified atom stereocenters. The zero-order valence-corrected chi connectivity index (χ0v) is 17.9. The SMILES string of the molecule is O=C(COc1ccc(C(=O)Nc2cccnc2-n2cncn2)cc1)Nc1cccc(C(F)(F)F)c1. The van der Waals surface area contributed by atoms with Crippen LogP contribution in [0.5, 0.6) is 5.75 Å². The number of carbonyl (C=O) groups excluding carboxylic acids is 2. The smallest absolute Gasteiger partial charge is 0.416 e. The lowest BCUT2D eigenvalue weighted by Gasteiger charge is -2.11. The molecule has 0 aliphatic heterocycles. The number of halogens is 3. The largest absolute Gasteiger partial charge is 0.484 e. The second-order valence-electron chi connectivity index (χ2n) is 7.11. The molecule has 2 amide bonds. The Hall–Kier alpha value is -4.74. The molecule has 2 aromatic carbocycles. The van der Waals surface area contributed by atoms with E-state index in [4.69, 9.17) is 4.74 Å². The van der Waals surface area contributed by atoms with Gasteiger partial charge < -0.3 is 15.4 Å². The summed E-state index contributed by atoms with van der Waals surface area (Å²) in [6.07, 6.45) is -0.158. The van der Waals surface area contributed by atoms with Crippen LogP contribution in [0.4, 0.5) is 24.5 Å². The van der Waals surface area contributed by atoms with Gasteiger partial charge in [0.2, 0.25) is 0 Å². The average Bonchev–Trinajstić information content (AvgIpc) is 3.38. The van der Waals surface area contributed by atoms with Crippen molar-refractivity contribution in [3.05, 3.63) is 90.6 Å². The Morgan fingerprint density at radius 1 is 1.00 bits per heavy atom. The zero-order chi connectivity index (χ0) is 24.8. The number of hydrogen-bond acceptors (Lipinski definition) is 6. The first kappa shape index (κ1) is 23.4. The van der Waals surface area contributed by atoms with Crippen LogP contribution in [0.2, 0.25) is 0 Å². The maximum Gasteiger partial charge on any atom is 0.416 e. The number of aromatic nitrogens is 4. The fourth-order valence-electron chi connectivity index (χ4n) is 3.01. The van der Waals surface area contributed by atoms with E-state index in [9.17, 15) is 22.8 Å². The number of nitrogens with zero attached hydrogens (tertiary/aromatic N) is 4. The highest BCUT2D eigenvalue weighted by atomic mass is 19.4. The quantitative estimate of drug-likeness (QED) is 0.413. The number of hydrogen-bond donors (Lipinski definition) is 2. The molecule has 0 saturated heterocycles. The van der Waals surface area contributed by atoms with E-state index in [2.05, 4.69) is 25.7 Å². The Labute approximate surface area is 196 Å². The number of benzene rings is 2. The molecule has 4 rings (SSSR count). The van der Waals surface area contributed by atoms with Crippen LogP contribution < -0.4 is 15.4 Å². The molecule has 178 valence electrons. The summed E-state index contributed by atoms with van der Waals surface area (Å²) in [6.45, 7) is -0.432. The van der Waals surface area contributed by atoms with Gasteiger partial charge in [0.25, 0.3) is 11.8 Å². The molecule has 0 aliphatic rings. The van der Waals surface area contributed by atoms with E-state index in [0.29, 0.717) is 22.8 Å². The fourth-order valence-corrected chi connectivity index (χ4v) is 3.01. The molecule has 0 atom stereocenters. The van der Waals surface area contributed by atoms with E-state index < -0.39 is 30.2 Å².